The second kappa shape index (κ2) is 8.51. The Labute approximate surface area is 166 Å². The van der Waals surface area contributed by atoms with E-state index >= 15 is 0 Å². The van der Waals surface area contributed by atoms with Crippen LogP contribution in [0.4, 0.5) is 9.52 Å². The van der Waals surface area contributed by atoms with Crippen molar-refractivity contribution in [3.8, 4) is 11.3 Å². The van der Waals surface area contributed by atoms with Crippen molar-refractivity contribution in [2.24, 2.45) is 0 Å². The fourth-order valence-electron chi connectivity index (χ4n) is 1.94. The van der Waals surface area contributed by atoms with Gasteiger partial charge in [0.15, 0.2) is 5.13 Å². The van der Waals surface area contributed by atoms with E-state index in [4.69, 9.17) is 23.2 Å². The molecule has 0 unspecified atom stereocenters. The van der Waals surface area contributed by atoms with Crippen LogP contribution in [0.1, 0.15) is 6.42 Å². The van der Waals surface area contributed by atoms with Crippen molar-refractivity contribution in [1.82, 2.24) is 4.98 Å². The van der Waals surface area contributed by atoms with Gasteiger partial charge >= 0.3 is 0 Å². The SMILES string of the molecule is O=C(CCSc1ccc(F)cc1)Nc1nc(-c2cc(Cl)sc2Cl)cs1. The Kier molecular flexibility index (Phi) is 6.35. The molecule has 0 atom stereocenters. The fourth-order valence-corrected chi connectivity index (χ4v) is 5.00. The van der Waals surface area contributed by atoms with E-state index in [0.29, 0.717) is 31.7 Å². The Balaban J connectivity index is 1.51. The van der Waals surface area contributed by atoms with Crippen LogP contribution in [-0.4, -0.2) is 16.6 Å². The third-order valence-electron chi connectivity index (χ3n) is 3.09. The number of carbonyl (C=O) groups is 1. The maximum atomic E-state index is 12.8. The lowest BCUT2D eigenvalue weighted by atomic mass is 10.3. The van der Waals surface area contributed by atoms with Crippen LogP contribution in [0.2, 0.25) is 8.67 Å². The molecule has 0 fully saturated rings. The summed E-state index contributed by atoms with van der Waals surface area (Å²) in [6.45, 7) is 0. The molecule has 0 aliphatic rings. The zero-order chi connectivity index (χ0) is 17.8. The number of anilines is 1. The predicted octanol–water partition coefficient (Wildman–Crippen LogP) is 6.44. The molecule has 130 valence electrons. The maximum Gasteiger partial charge on any atom is 0.226 e. The quantitative estimate of drug-likeness (QED) is 0.455. The van der Waals surface area contributed by atoms with Gasteiger partial charge in [-0.25, -0.2) is 9.37 Å². The van der Waals surface area contributed by atoms with E-state index in [1.807, 2.05) is 5.38 Å². The first-order valence-corrected chi connectivity index (χ1v) is 10.5. The Hall–Kier alpha value is -1.12. The Morgan fingerprint density at radius 3 is 2.72 bits per heavy atom. The van der Waals surface area contributed by atoms with Gasteiger partial charge in [-0.3, -0.25) is 4.79 Å². The maximum absolute atomic E-state index is 12.8. The number of rotatable bonds is 6. The number of amides is 1. The van der Waals surface area contributed by atoms with E-state index in [2.05, 4.69) is 10.3 Å². The molecule has 3 aromatic rings. The van der Waals surface area contributed by atoms with Crippen molar-refractivity contribution in [2.45, 2.75) is 11.3 Å². The minimum atomic E-state index is -0.270. The van der Waals surface area contributed by atoms with E-state index in [-0.39, 0.29) is 11.7 Å². The lowest BCUT2D eigenvalue weighted by Crippen LogP contribution is -2.11. The molecule has 0 saturated carbocycles. The smallest absolute Gasteiger partial charge is 0.226 e. The van der Waals surface area contributed by atoms with Gasteiger partial charge in [0.1, 0.15) is 10.2 Å². The summed E-state index contributed by atoms with van der Waals surface area (Å²) in [6, 6.07) is 7.96. The van der Waals surface area contributed by atoms with Gasteiger partial charge in [0.25, 0.3) is 0 Å². The summed E-state index contributed by atoms with van der Waals surface area (Å²) < 4.78 is 14.0. The second-order valence-electron chi connectivity index (χ2n) is 4.88. The molecular formula is C16H11Cl2FN2OS3. The number of aromatic nitrogens is 1. The molecule has 0 bridgehead atoms. The van der Waals surface area contributed by atoms with Crippen LogP contribution in [0.5, 0.6) is 0 Å². The monoisotopic (exact) mass is 432 g/mol. The minimum Gasteiger partial charge on any atom is -0.302 e. The molecule has 25 heavy (non-hydrogen) atoms. The summed E-state index contributed by atoms with van der Waals surface area (Å²) in [5.74, 6) is 0.209. The van der Waals surface area contributed by atoms with Crippen LogP contribution < -0.4 is 5.32 Å². The van der Waals surface area contributed by atoms with Crippen molar-refractivity contribution in [3.63, 3.8) is 0 Å². The highest BCUT2D eigenvalue weighted by atomic mass is 35.5. The van der Waals surface area contributed by atoms with Crippen molar-refractivity contribution in [3.05, 3.63) is 50.2 Å². The average molecular weight is 433 g/mol. The number of thiophene rings is 1. The number of halogens is 3. The lowest BCUT2D eigenvalue weighted by molar-refractivity contribution is -0.115. The largest absolute Gasteiger partial charge is 0.302 e. The van der Waals surface area contributed by atoms with Gasteiger partial charge in [0.05, 0.1) is 10.0 Å². The molecule has 2 aromatic heterocycles. The predicted molar refractivity (Wildman–Crippen MR) is 106 cm³/mol. The van der Waals surface area contributed by atoms with Crippen LogP contribution in [0.3, 0.4) is 0 Å². The van der Waals surface area contributed by atoms with Gasteiger partial charge in [-0.05, 0) is 30.3 Å². The topological polar surface area (TPSA) is 42.0 Å². The number of benzene rings is 1. The van der Waals surface area contributed by atoms with Gasteiger partial charge in [0.2, 0.25) is 5.91 Å². The highest BCUT2D eigenvalue weighted by Gasteiger charge is 2.13. The number of nitrogens with one attached hydrogen (secondary N) is 1. The molecule has 3 rings (SSSR count). The summed E-state index contributed by atoms with van der Waals surface area (Å²) >= 11 is 16.2. The first-order valence-electron chi connectivity index (χ1n) is 7.10. The molecule has 1 amide bonds. The summed E-state index contributed by atoms with van der Waals surface area (Å²) in [5.41, 5.74) is 1.45. The molecular weight excluding hydrogens is 422 g/mol. The molecule has 0 aliphatic carbocycles. The number of nitrogens with zero attached hydrogens (tertiary/aromatic N) is 1. The van der Waals surface area contributed by atoms with E-state index in [1.54, 1.807) is 18.2 Å². The van der Waals surface area contributed by atoms with Crippen LogP contribution in [0, 0.1) is 5.82 Å². The van der Waals surface area contributed by atoms with Crippen LogP contribution >= 0.6 is 57.6 Å². The third-order valence-corrected chi connectivity index (χ3v) is 6.35. The van der Waals surface area contributed by atoms with Gasteiger partial charge in [-0.1, -0.05) is 23.2 Å². The van der Waals surface area contributed by atoms with Crippen molar-refractivity contribution in [2.75, 3.05) is 11.1 Å². The normalized spacial score (nSPS) is 10.8. The number of hydrogen-bond donors (Lipinski definition) is 1. The van der Waals surface area contributed by atoms with E-state index in [9.17, 15) is 9.18 Å². The number of thioether (sulfide) groups is 1. The van der Waals surface area contributed by atoms with Crippen LogP contribution in [0.15, 0.2) is 40.6 Å². The van der Waals surface area contributed by atoms with Gasteiger partial charge in [0, 0.05) is 28.0 Å². The molecule has 0 radical (unpaired) electrons. The van der Waals surface area contributed by atoms with Crippen molar-refractivity contribution in [1.29, 1.82) is 0 Å². The molecule has 2 heterocycles. The molecule has 0 saturated heterocycles. The second-order valence-corrected chi connectivity index (χ2v) is 9.19. The van der Waals surface area contributed by atoms with E-state index in [0.717, 1.165) is 10.5 Å². The molecule has 0 spiro atoms. The third kappa shape index (κ3) is 5.18. The Morgan fingerprint density at radius 2 is 2.04 bits per heavy atom. The average Bonchev–Trinajstić information content (AvgIpc) is 3.15. The van der Waals surface area contributed by atoms with Crippen molar-refractivity contribution >= 4 is 68.7 Å². The molecule has 9 heteroatoms. The van der Waals surface area contributed by atoms with Crippen molar-refractivity contribution < 1.29 is 9.18 Å². The van der Waals surface area contributed by atoms with Gasteiger partial charge in [-0.15, -0.1) is 34.4 Å². The standard InChI is InChI=1S/C16H11Cl2FN2OS3/c17-13-7-11(15(18)25-13)12-8-24-16(20-12)21-14(22)5-6-23-10-3-1-9(19)2-4-10/h1-4,7-8H,5-6H2,(H,20,21,22). The number of carbonyl (C=O) groups excluding carboxylic acids is 1. The van der Waals surface area contributed by atoms with Crippen LogP contribution in [0.25, 0.3) is 11.3 Å². The summed E-state index contributed by atoms with van der Waals surface area (Å²) in [6.07, 6.45) is 0.335. The highest BCUT2D eigenvalue weighted by Crippen LogP contribution is 2.39. The lowest BCUT2D eigenvalue weighted by Gasteiger charge is -2.02. The summed E-state index contributed by atoms with van der Waals surface area (Å²) in [4.78, 5) is 17.3. The van der Waals surface area contributed by atoms with E-state index in [1.165, 1.54) is 46.6 Å². The summed E-state index contributed by atoms with van der Waals surface area (Å²) in [5, 5.41) is 5.12. The fraction of sp³-hybridized carbons (Fsp3) is 0.125. The number of thiazole rings is 1. The van der Waals surface area contributed by atoms with Gasteiger partial charge < -0.3 is 5.32 Å². The molecule has 0 aliphatic heterocycles. The first-order chi connectivity index (χ1) is 12.0. The minimum absolute atomic E-state index is 0.120. The van der Waals surface area contributed by atoms with Crippen LogP contribution in [-0.2, 0) is 4.79 Å². The summed E-state index contributed by atoms with van der Waals surface area (Å²) in [7, 11) is 0. The molecule has 1 aromatic carbocycles. The number of hydrogen-bond acceptors (Lipinski definition) is 5. The Bertz CT molecular complexity index is 880. The first kappa shape index (κ1) is 18.7. The Morgan fingerprint density at radius 1 is 1.28 bits per heavy atom. The highest BCUT2D eigenvalue weighted by molar-refractivity contribution is 7.99. The van der Waals surface area contributed by atoms with E-state index < -0.39 is 0 Å². The van der Waals surface area contributed by atoms with Gasteiger partial charge in [-0.2, -0.15) is 0 Å². The molecule has 3 nitrogen and oxygen atoms in total. The zero-order valence-corrected chi connectivity index (χ0v) is 16.6. The zero-order valence-electron chi connectivity index (χ0n) is 12.6. The molecule has 1 N–H and O–H groups in total.